The van der Waals surface area contributed by atoms with Gasteiger partial charge in [-0.1, -0.05) is 30.3 Å². The highest BCUT2D eigenvalue weighted by Crippen LogP contribution is 2.42. The number of amides is 3. The van der Waals surface area contributed by atoms with E-state index in [9.17, 15) is 41.5 Å². The number of carbonyl (C=O) groups is 5. The van der Waals surface area contributed by atoms with Gasteiger partial charge in [0.05, 0.1) is 12.7 Å². The number of nitrogens with one attached hydrogen (secondary N) is 4. The van der Waals surface area contributed by atoms with E-state index in [4.69, 9.17) is 14.6 Å². The highest BCUT2D eigenvalue weighted by atomic mass is 19.3. The normalized spacial score (nSPS) is 16.3. The van der Waals surface area contributed by atoms with Crippen molar-refractivity contribution in [2.45, 2.75) is 83.3 Å². The van der Waals surface area contributed by atoms with Crippen LogP contribution in [0.5, 0.6) is 0 Å². The van der Waals surface area contributed by atoms with Gasteiger partial charge in [0, 0.05) is 30.1 Å². The van der Waals surface area contributed by atoms with Crippen LogP contribution in [-0.2, 0) is 36.2 Å². The number of aromatic nitrogens is 3. The average molecular weight is 839 g/mol. The first kappa shape index (κ1) is 44.8. The van der Waals surface area contributed by atoms with Gasteiger partial charge < -0.3 is 30.5 Å². The minimum Gasteiger partial charge on any atom is -0.477 e. The predicted octanol–water partition coefficient (Wildman–Crippen LogP) is 7.04. The zero-order chi connectivity index (χ0) is 44.0. The number of carboxylic acids is 1. The van der Waals surface area contributed by atoms with Gasteiger partial charge in [0.25, 0.3) is 0 Å². The molecule has 0 saturated heterocycles. The van der Waals surface area contributed by atoms with Gasteiger partial charge in [0.1, 0.15) is 11.6 Å². The standard InChI is InChI=1S/C42H46F4N6O8/c1-23-20-29(36(55)59-5)16-19-31(23)26-10-6-24(7-11-26)21-32(49-34(53)28-12-8-25(9-13-28)22-47-39(58)60-40(2,3)4)35(54)48-30-17-14-27(15-18-30)33-50-37(52-51-33)41(43,44)42(45,46)38(56)57/h6-7,10-11,14-20,25,28,32H,8-9,12-13,21-22H2,1-5H3,(H,47,58)(H,48,54)(H,49,53)(H,56,57)(H,50,51,52). The number of H-pyrrole nitrogens is 1. The van der Waals surface area contributed by atoms with Gasteiger partial charge in [0.15, 0.2) is 5.82 Å². The summed E-state index contributed by atoms with van der Waals surface area (Å²) in [6.07, 6.45) is 2.00. The third kappa shape index (κ3) is 10.8. The minimum absolute atomic E-state index is 0.0851. The molecule has 1 aromatic heterocycles. The Bertz CT molecular complexity index is 2200. The molecule has 1 aliphatic rings. The molecule has 1 aliphatic carbocycles. The lowest BCUT2D eigenvalue weighted by Gasteiger charge is -2.29. The van der Waals surface area contributed by atoms with Crippen molar-refractivity contribution in [1.82, 2.24) is 25.8 Å². The Balaban J connectivity index is 1.29. The first-order chi connectivity index (χ1) is 28.2. The Labute approximate surface area is 342 Å². The second kappa shape index (κ2) is 18.3. The molecule has 1 fully saturated rings. The zero-order valence-corrected chi connectivity index (χ0v) is 33.5. The quantitative estimate of drug-likeness (QED) is 0.0648. The monoisotopic (exact) mass is 838 g/mol. The number of aryl methyl sites for hydroxylation is 1. The van der Waals surface area contributed by atoms with Crippen LogP contribution in [0.2, 0.25) is 0 Å². The molecule has 1 unspecified atom stereocenters. The number of benzene rings is 3. The number of carboxylic acid groups (broad SMARTS) is 1. The van der Waals surface area contributed by atoms with E-state index in [0.717, 1.165) is 22.3 Å². The first-order valence-electron chi connectivity index (χ1n) is 19.1. The van der Waals surface area contributed by atoms with Gasteiger partial charge in [-0.25, -0.2) is 19.4 Å². The summed E-state index contributed by atoms with van der Waals surface area (Å²) >= 11 is 0. The number of rotatable bonds is 14. The largest absolute Gasteiger partial charge is 0.477 e. The Morgan fingerprint density at radius 3 is 2.12 bits per heavy atom. The fourth-order valence-electron chi connectivity index (χ4n) is 6.70. The molecule has 3 aromatic carbocycles. The lowest BCUT2D eigenvalue weighted by molar-refractivity contribution is -0.231. The molecule has 14 nitrogen and oxygen atoms in total. The molecular weight excluding hydrogens is 792 g/mol. The van der Waals surface area contributed by atoms with Gasteiger partial charge in [-0.05, 0) is 118 Å². The molecule has 0 radical (unpaired) electrons. The van der Waals surface area contributed by atoms with Crippen LogP contribution >= 0.6 is 0 Å². The van der Waals surface area contributed by atoms with Crippen molar-refractivity contribution in [2.24, 2.45) is 11.8 Å². The van der Waals surface area contributed by atoms with Crippen molar-refractivity contribution in [1.29, 1.82) is 0 Å². The number of hydrogen-bond donors (Lipinski definition) is 5. The van der Waals surface area contributed by atoms with E-state index in [1.165, 1.54) is 31.4 Å². The SMILES string of the molecule is COC(=O)c1ccc(-c2ccc(CC(NC(=O)C3CCC(CNC(=O)OC(C)(C)C)CC3)C(=O)Nc3ccc(-c4n[nH]c(C(F)(F)C(F)(F)C(=O)O)n4)cc3)cc2)c(C)c1. The number of carbonyl (C=O) groups excluding carboxylic acids is 4. The Kier molecular flexibility index (Phi) is 13.7. The van der Waals surface area contributed by atoms with Crippen molar-refractivity contribution < 1.29 is 56.1 Å². The van der Waals surface area contributed by atoms with E-state index < -0.39 is 59.1 Å². The number of alkyl halides is 4. The lowest BCUT2D eigenvalue weighted by atomic mass is 9.81. The molecule has 1 atom stereocenters. The van der Waals surface area contributed by atoms with E-state index in [1.807, 2.05) is 37.3 Å². The number of methoxy groups -OCH3 is 1. The van der Waals surface area contributed by atoms with Crippen LogP contribution in [0, 0.1) is 18.8 Å². The van der Waals surface area contributed by atoms with Crippen molar-refractivity contribution in [3.63, 3.8) is 0 Å². The van der Waals surface area contributed by atoms with E-state index in [1.54, 1.807) is 38.0 Å². The third-order valence-electron chi connectivity index (χ3n) is 9.99. The number of aromatic amines is 1. The highest BCUT2D eigenvalue weighted by molar-refractivity contribution is 5.98. The summed E-state index contributed by atoms with van der Waals surface area (Å²) in [6, 6.07) is 17.0. The van der Waals surface area contributed by atoms with Gasteiger partial charge in [-0.3, -0.25) is 14.7 Å². The summed E-state index contributed by atoms with van der Waals surface area (Å²) in [6.45, 7) is 7.60. The summed E-state index contributed by atoms with van der Waals surface area (Å²) < 4.78 is 66.1. The smallest absolute Gasteiger partial charge is 0.411 e. The number of hydrogen-bond acceptors (Lipinski definition) is 9. The average Bonchev–Trinajstić information content (AvgIpc) is 3.71. The molecule has 60 heavy (non-hydrogen) atoms. The van der Waals surface area contributed by atoms with E-state index >= 15 is 0 Å². The number of esters is 1. The lowest BCUT2D eigenvalue weighted by Crippen LogP contribution is -2.48. The van der Waals surface area contributed by atoms with Crippen molar-refractivity contribution in [3.05, 3.63) is 89.2 Å². The van der Waals surface area contributed by atoms with Crippen LogP contribution in [-0.4, -0.2) is 81.4 Å². The summed E-state index contributed by atoms with van der Waals surface area (Å²) in [5, 5.41) is 22.2. The number of anilines is 1. The number of halogens is 4. The zero-order valence-electron chi connectivity index (χ0n) is 33.5. The molecule has 18 heteroatoms. The van der Waals surface area contributed by atoms with Crippen LogP contribution in [0.25, 0.3) is 22.5 Å². The van der Waals surface area contributed by atoms with Crippen molar-refractivity contribution >= 4 is 35.5 Å². The molecule has 5 N–H and O–H groups in total. The summed E-state index contributed by atoms with van der Waals surface area (Å²) in [4.78, 5) is 65.8. The molecule has 0 aliphatic heterocycles. The summed E-state index contributed by atoms with van der Waals surface area (Å²) in [5.41, 5.74) is 3.41. The molecule has 1 saturated carbocycles. The molecule has 3 amide bonds. The van der Waals surface area contributed by atoms with Crippen LogP contribution < -0.4 is 16.0 Å². The molecule has 0 bridgehead atoms. The summed E-state index contributed by atoms with van der Waals surface area (Å²) in [5.74, 6) is -17.3. The van der Waals surface area contributed by atoms with Gasteiger partial charge in [-0.15, -0.1) is 0 Å². The van der Waals surface area contributed by atoms with Gasteiger partial charge in [-0.2, -0.15) is 22.7 Å². The van der Waals surface area contributed by atoms with Crippen LogP contribution in [0.3, 0.4) is 0 Å². The van der Waals surface area contributed by atoms with E-state index in [-0.39, 0.29) is 35.4 Å². The van der Waals surface area contributed by atoms with Gasteiger partial charge >= 0.3 is 29.9 Å². The Morgan fingerprint density at radius 1 is 0.900 bits per heavy atom. The third-order valence-corrected chi connectivity index (χ3v) is 9.99. The molecule has 1 heterocycles. The number of aliphatic carboxylic acids is 1. The number of alkyl carbamates (subject to hydrolysis) is 1. The predicted molar refractivity (Wildman–Crippen MR) is 210 cm³/mol. The highest BCUT2D eigenvalue weighted by Gasteiger charge is 2.65. The number of nitrogens with zero attached hydrogens (tertiary/aromatic N) is 2. The molecule has 4 aromatic rings. The van der Waals surface area contributed by atoms with Crippen molar-refractivity contribution in [3.8, 4) is 22.5 Å². The van der Waals surface area contributed by atoms with Crippen LogP contribution in [0.4, 0.5) is 28.0 Å². The van der Waals surface area contributed by atoms with E-state index in [0.29, 0.717) is 37.8 Å². The number of ether oxygens (including phenoxy) is 2. The van der Waals surface area contributed by atoms with Crippen molar-refractivity contribution in [2.75, 3.05) is 19.0 Å². The van der Waals surface area contributed by atoms with Crippen LogP contribution in [0.1, 0.15) is 73.8 Å². The maximum atomic E-state index is 14.3. The minimum atomic E-state index is -5.45. The second-order valence-electron chi connectivity index (χ2n) is 15.6. The maximum absolute atomic E-state index is 14.3. The molecular formula is C42H46F4N6O8. The fourth-order valence-corrected chi connectivity index (χ4v) is 6.70. The second-order valence-corrected chi connectivity index (χ2v) is 15.6. The maximum Gasteiger partial charge on any atom is 0.411 e. The Morgan fingerprint density at radius 2 is 1.53 bits per heavy atom. The summed E-state index contributed by atoms with van der Waals surface area (Å²) in [7, 11) is 1.31. The molecule has 5 rings (SSSR count). The van der Waals surface area contributed by atoms with Gasteiger partial charge in [0.2, 0.25) is 17.6 Å². The molecule has 320 valence electrons. The topological polar surface area (TPSA) is 202 Å². The Hall–Kier alpha value is -6.33. The fraction of sp³-hybridized carbons (Fsp3) is 0.405. The first-order valence-corrected chi connectivity index (χ1v) is 19.1. The molecule has 0 spiro atoms. The van der Waals surface area contributed by atoms with Crippen LogP contribution in [0.15, 0.2) is 66.7 Å². The van der Waals surface area contributed by atoms with E-state index in [2.05, 4.69) is 26.0 Å².